The van der Waals surface area contributed by atoms with Crippen molar-refractivity contribution in [1.29, 1.82) is 0 Å². The third-order valence-corrected chi connectivity index (χ3v) is 14.3. The molecule has 1 unspecified atom stereocenters. The van der Waals surface area contributed by atoms with Gasteiger partial charge >= 0.3 is 0 Å². The number of benzene rings is 11. The first-order valence-electron chi connectivity index (χ1n) is 24.9. The third-order valence-electron chi connectivity index (χ3n) is 14.3. The van der Waals surface area contributed by atoms with Crippen molar-refractivity contribution in [1.82, 2.24) is 18.3 Å². The van der Waals surface area contributed by atoms with Gasteiger partial charge in [0.05, 0.1) is 44.1 Å². The van der Waals surface area contributed by atoms with Crippen LogP contribution in [0.1, 0.15) is 0 Å². The predicted octanol–water partition coefficient (Wildman–Crippen LogP) is 18.0. The van der Waals surface area contributed by atoms with Crippen LogP contribution in [0.15, 0.2) is 267 Å². The molecule has 0 aliphatic heterocycles. The zero-order chi connectivity index (χ0) is 48.8. The zero-order valence-electron chi connectivity index (χ0n) is 40.3. The Balaban J connectivity index is 0.000000136. The number of nitrogens with zero attached hydrogens (tertiary/aromatic N) is 4. The smallest absolute Gasteiger partial charge is 0.134 e. The van der Waals surface area contributed by atoms with E-state index in [0.29, 0.717) is 0 Å². The first-order chi connectivity index (χ1) is 36.2. The van der Waals surface area contributed by atoms with Crippen LogP contribution in [0.2, 0.25) is 6.82 Å². The van der Waals surface area contributed by atoms with E-state index in [1.54, 1.807) is 0 Å². The van der Waals surface area contributed by atoms with Gasteiger partial charge in [-0.25, -0.2) is 0 Å². The van der Waals surface area contributed by atoms with Crippen molar-refractivity contribution in [3.8, 4) is 33.9 Å². The Morgan fingerprint density at radius 2 is 0.425 bits per heavy atom. The van der Waals surface area contributed by atoms with Crippen molar-refractivity contribution in [3.05, 3.63) is 267 Å². The van der Waals surface area contributed by atoms with Crippen molar-refractivity contribution in [2.75, 3.05) is 0 Å². The van der Waals surface area contributed by atoms with E-state index in [1.807, 2.05) is 13.8 Å². The Labute approximate surface area is 427 Å². The molecule has 0 fully saturated rings. The summed E-state index contributed by atoms with van der Waals surface area (Å²) in [5.74, 6) is 0. The zero-order valence-corrected chi connectivity index (χ0v) is 41.5. The fraction of sp³-hybridized carbons (Fsp3) is 0.0149. The van der Waals surface area contributed by atoms with Gasteiger partial charge in [0.1, 0.15) is 7.00 Å². The van der Waals surface area contributed by atoms with Crippen molar-refractivity contribution in [3.63, 3.8) is 0 Å². The molecule has 0 aliphatic rings. The lowest BCUT2D eigenvalue weighted by Gasteiger charge is -2.12. The van der Waals surface area contributed by atoms with Crippen LogP contribution < -0.4 is 0 Å². The molecule has 4 heterocycles. The first kappa shape index (κ1) is 44.1. The maximum absolute atomic E-state index is 2.45. The molecule has 15 rings (SSSR count). The summed E-state index contributed by atoms with van der Waals surface area (Å²) in [6.45, 7) is 3.88. The highest BCUT2D eigenvalue weighted by Gasteiger charge is 2.17. The van der Waals surface area contributed by atoms with Gasteiger partial charge in [-0.1, -0.05) is 183 Å². The second-order valence-electron chi connectivity index (χ2n) is 18.4. The summed E-state index contributed by atoms with van der Waals surface area (Å²) in [6.07, 6.45) is 0. The average molecular weight is 952 g/mol. The van der Waals surface area contributed by atoms with E-state index in [4.69, 9.17) is 0 Å². The standard InChI is InChI=1S/C36H24N2.C30H20N2.CH5BP/c1-5-13-33-29(9-1)30-10-2-6-14-34(30)37(33)27-21-17-25(18-22-27)26-19-23-28(24-20-26)38-35-15-7-3-11-31(35)32-12-4-8-16-36(32)38;1-5-16-27-23(12-1)24-13-2-6-17-28(24)31(27)21-10-9-11-22(20-21)32-29-18-7-3-14-25(29)26-15-4-8-19-30(26)32;1-2-3/h1-24H;1-20H;3H2,1H3. The Bertz CT molecular complexity index is 4000. The van der Waals surface area contributed by atoms with Gasteiger partial charge in [-0.15, -0.1) is 0 Å². The number of rotatable bonds is 5. The molecule has 11 aromatic carbocycles. The quantitative estimate of drug-likeness (QED) is 0.121. The van der Waals surface area contributed by atoms with Crippen molar-refractivity contribution in [2.24, 2.45) is 0 Å². The largest absolute Gasteiger partial charge is 0.309 e. The lowest BCUT2D eigenvalue weighted by molar-refractivity contribution is 1.13. The number of aromatic nitrogens is 4. The normalized spacial score (nSPS) is 11.4. The van der Waals surface area contributed by atoms with E-state index in [9.17, 15) is 0 Å². The lowest BCUT2D eigenvalue weighted by atomic mass is 10.0. The van der Waals surface area contributed by atoms with Gasteiger partial charge in [-0.3, -0.25) is 0 Å². The highest BCUT2D eigenvalue weighted by Crippen LogP contribution is 2.37. The molecule has 4 nitrogen and oxygen atoms in total. The van der Waals surface area contributed by atoms with Crippen LogP contribution >= 0.6 is 9.12 Å². The summed E-state index contributed by atoms with van der Waals surface area (Å²) in [4.78, 5) is 0. The van der Waals surface area contributed by atoms with Gasteiger partial charge in [-0.05, 0) is 102 Å². The molecule has 6 heteroatoms. The molecule has 73 heavy (non-hydrogen) atoms. The Hall–Kier alpha value is -8.89. The van der Waals surface area contributed by atoms with E-state index >= 15 is 0 Å². The summed E-state index contributed by atoms with van der Waals surface area (Å²) in [6, 6.07) is 96.0. The molecule has 15 aromatic rings. The minimum absolute atomic E-state index is 1.17. The molecule has 0 spiro atoms. The van der Waals surface area contributed by atoms with Gasteiger partial charge in [0.25, 0.3) is 0 Å². The molecule has 1 radical (unpaired) electrons. The van der Waals surface area contributed by atoms with Crippen LogP contribution in [0.3, 0.4) is 0 Å². The topological polar surface area (TPSA) is 19.7 Å². The van der Waals surface area contributed by atoms with Crippen LogP contribution in [-0.4, -0.2) is 25.3 Å². The van der Waals surface area contributed by atoms with Crippen molar-refractivity contribution < 1.29 is 0 Å². The number of hydrogen-bond acceptors (Lipinski definition) is 0. The van der Waals surface area contributed by atoms with E-state index in [1.165, 1.54) is 121 Å². The minimum Gasteiger partial charge on any atom is -0.309 e. The number of para-hydroxylation sites is 8. The van der Waals surface area contributed by atoms with Gasteiger partial charge in [-0.2, -0.15) is 9.12 Å². The summed E-state index contributed by atoms with van der Waals surface area (Å²) >= 11 is 0. The monoisotopic (exact) mass is 951 g/mol. The predicted molar refractivity (Wildman–Crippen MR) is 317 cm³/mol. The molecule has 0 aliphatic carbocycles. The van der Waals surface area contributed by atoms with E-state index < -0.39 is 0 Å². The molecule has 0 N–H and O–H groups in total. The molecule has 4 aromatic heterocycles. The first-order valence-corrected chi connectivity index (χ1v) is 25.6. The number of fused-ring (bicyclic) bond motifs is 12. The fourth-order valence-corrected chi connectivity index (χ4v) is 11.2. The molecule has 0 saturated carbocycles. The van der Waals surface area contributed by atoms with Gasteiger partial charge in [0.15, 0.2) is 0 Å². The van der Waals surface area contributed by atoms with E-state index in [2.05, 4.69) is 294 Å². The molecule has 0 amide bonds. The van der Waals surface area contributed by atoms with Crippen molar-refractivity contribution >= 4 is 103 Å². The summed E-state index contributed by atoms with van der Waals surface area (Å²) in [5, 5.41) is 10.3. The average Bonchev–Trinajstić information content (AvgIpc) is 4.19. The fourth-order valence-electron chi connectivity index (χ4n) is 11.2. The van der Waals surface area contributed by atoms with Gasteiger partial charge < -0.3 is 18.3 Å². The van der Waals surface area contributed by atoms with Crippen LogP contribution in [-0.2, 0) is 0 Å². The van der Waals surface area contributed by atoms with E-state index in [0.717, 1.165) is 0 Å². The van der Waals surface area contributed by atoms with E-state index in [-0.39, 0.29) is 0 Å². The summed E-state index contributed by atoms with van der Waals surface area (Å²) < 4.78 is 9.48. The second-order valence-corrected chi connectivity index (χ2v) is 19.1. The van der Waals surface area contributed by atoms with Gasteiger partial charge in [0.2, 0.25) is 0 Å². The number of hydrogen-bond donors (Lipinski definition) is 0. The molecule has 345 valence electrons. The Morgan fingerprint density at radius 1 is 0.233 bits per heavy atom. The van der Waals surface area contributed by atoms with Crippen LogP contribution in [0.5, 0.6) is 0 Å². The summed E-state index contributed by atoms with van der Waals surface area (Å²) in [5.41, 5.74) is 17.0. The molecule has 0 saturated heterocycles. The molecule has 0 bridgehead atoms. The SMILES string of the molecule is C[B]P.c1cc(-n2c3ccccc3c3ccccc32)cc(-n2c3ccccc3c3ccccc32)c1.c1ccc2c(c1)c1ccccc1n2-c1ccc(-c2ccc(-n3c4ccccc4c4ccccc43)cc2)cc1. The summed E-state index contributed by atoms with van der Waals surface area (Å²) in [7, 11) is 2.45. The maximum atomic E-state index is 2.45. The van der Waals surface area contributed by atoms with Crippen LogP contribution in [0.25, 0.3) is 121 Å². The third kappa shape index (κ3) is 7.51. The Morgan fingerprint density at radius 3 is 0.644 bits per heavy atom. The molecule has 1 atom stereocenters. The molecular formula is C67H49BN4P. The van der Waals surface area contributed by atoms with Crippen molar-refractivity contribution in [2.45, 2.75) is 6.82 Å². The highest BCUT2D eigenvalue weighted by atomic mass is 31.0. The van der Waals surface area contributed by atoms with Crippen LogP contribution in [0, 0.1) is 0 Å². The highest BCUT2D eigenvalue weighted by molar-refractivity contribution is 7.55. The second kappa shape index (κ2) is 18.7. The molecular weight excluding hydrogens is 903 g/mol. The van der Waals surface area contributed by atoms with Crippen LogP contribution in [0.4, 0.5) is 0 Å². The lowest BCUT2D eigenvalue weighted by Crippen LogP contribution is -1.98. The maximum Gasteiger partial charge on any atom is 0.134 e. The Kier molecular flexibility index (Phi) is 11.3. The minimum atomic E-state index is 1.17. The van der Waals surface area contributed by atoms with Gasteiger partial charge in [0, 0.05) is 65.8 Å².